The fourth-order valence-corrected chi connectivity index (χ4v) is 2.41. The zero-order chi connectivity index (χ0) is 15.2. The van der Waals surface area contributed by atoms with Gasteiger partial charge in [0.2, 0.25) is 5.88 Å². The van der Waals surface area contributed by atoms with Gasteiger partial charge in [0.1, 0.15) is 5.56 Å². The van der Waals surface area contributed by atoms with Gasteiger partial charge in [-0.15, -0.1) is 11.8 Å². The quantitative estimate of drug-likeness (QED) is 0.796. The summed E-state index contributed by atoms with van der Waals surface area (Å²) in [6.45, 7) is 0.547. The Labute approximate surface area is 129 Å². The molecule has 0 aliphatic rings. The Morgan fingerprint density at radius 1 is 1.29 bits per heavy atom. The molecule has 2 aromatic rings. The highest BCUT2D eigenvalue weighted by molar-refractivity contribution is 7.98. The van der Waals surface area contributed by atoms with Gasteiger partial charge in [0.25, 0.3) is 5.91 Å². The molecule has 4 nitrogen and oxygen atoms in total. The molecule has 5 heteroatoms. The molecule has 1 amide bonds. The number of carbonyl (C=O) groups is 1. The number of ether oxygens (including phenoxy) is 1. The van der Waals surface area contributed by atoms with Crippen molar-refractivity contribution in [1.82, 2.24) is 9.88 Å². The normalized spacial score (nSPS) is 10.2. The molecule has 110 valence electrons. The Bertz CT molecular complexity index is 614. The van der Waals surface area contributed by atoms with Crippen molar-refractivity contribution in [2.45, 2.75) is 11.4 Å². The van der Waals surface area contributed by atoms with Crippen molar-refractivity contribution in [1.29, 1.82) is 0 Å². The average molecular weight is 302 g/mol. The zero-order valence-corrected chi connectivity index (χ0v) is 13.2. The van der Waals surface area contributed by atoms with Gasteiger partial charge in [-0.1, -0.05) is 12.1 Å². The third kappa shape index (κ3) is 3.76. The minimum Gasteiger partial charge on any atom is -0.480 e. The van der Waals surface area contributed by atoms with E-state index >= 15 is 0 Å². The van der Waals surface area contributed by atoms with Crippen molar-refractivity contribution in [3.63, 3.8) is 0 Å². The fraction of sp³-hybridized carbons (Fsp3) is 0.250. The van der Waals surface area contributed by atoms with Crippen LogP contribution >= 0.6 is 11.8 Å². The van der Waals surface area contributed by atoms with Crippen LogP contribution in [0.1, 0.15) is 15.9 Å². The standard InChI is InChI=1S/C16H18N2O2S/c1-18(11-12-6-8-13(21-3)9-7-12)16(19)14-5-4-10-17-15(14)20-2/h4-10H,11H2,1-3H3. The fourth-order valence-electron chi connectivity index (χ4n) is 2.00. The summed E-state index contributed by atoms with van der Waals surface area (Å²) in [6, 6.07) is 11.6. The summed E-state index contributed by atoms with van der Waals surface area (Å²) in [5.41, 5.74) is 1.56. The Balaban J connectivity index is 2.11. The summed E-state index contributed by atoms with van der Waals surface area (Å²) in [5, 5.41) is 0. The van der Waals surface area contributed by atoms with Crippen LogP contribution in [0.4, 0.5) is 0 Å². The number of rotatable bonds is 5. The monoisotopic (exact) mass is 302 g/mol. The summed E-state index contributed by atoms with van der Waals surface area (Å²) in [6.07, 6.45) is 3.65. The van der Waals surface area contributed by atoms with E-state index in [0.717, 1.165) is 5.56 Å². The number of nitrogens with zero attached hydrogens (tertiary/aromatic N) is 2. The van der Waals surface area contributed by atoms with Crippen LogP contribution in [0.25, 0.3) is 0 Å². The number of amides is 1. The van der Waals surface area contributed by atoms with Crippen LogP contribution in [0.5, 0.6) is 5.88 Å². The molecule has 0 atom stereocenters. The van der Waals surface area contributed by atoms with E-state index in [9.17, 15) is 4.79 Å². The lowest BCUT2D eigenvalue weighted by molar-refractivity contribution is 0.0781. The molecule has 1 aromatic heterocycles. The Kier molecular flexibility index (Phi) is 5.22. The predicted octanol–water partition coefficient (Wildman–Crippen LogP) is 3.08. The van der Waals surface area contributed by atoms with Gasteiger partial charge in [-0.25, -0.2) is 4.98 Å². The minimum absolute atomic E-state index is 0.103. The molecular formula is C16H18N2O2S. The molecule has 21 heavy (non-hydrogen) atoms. The average Bonchev–Trinajstić information content (AvgIpc) is 2.54. The third-order valence-electron chi connectivity index (χ3n) is 3.12. The summed E-state index contributed by atoms with van der Waals surface area (Å²) < 4.78 is 5.14. The van der Waals surface area contributed by atoms with E-state index in [1.165, 1.54) is 12.0 Å². The van der Waals surface area contributed by atoms with Crippen molar-refractivity contribution >= 4 is 17.7 Å². The van der Waals surface area contributed by atoms with Crippen molar-refractivity contribution in [3.8, 4) is 5.88 Å². The highest BCUT2D eigenvalue weighted by atomic mass is 32.2. The van der Waals surface area contributed by atoms with Crippen LogP contribution in [0.15, 0.2) is 47.5 Å². The molecule has 0 unspecified atom stereocenters. The lowest BCUT2D eigenvalue weighted by Crippen LogP contribution is -2.26. The van der Waals surface area contributed by atoms with Crippen LogP contribution in [-0.2, 0) is 6.54 Å². The molecule has 0 spiro atoms. The van der Waals surface area contributed by atoms with E-state index in [2.05, 4.69) is 17.1 Å². The summed E-state index contributed by atoms with van der Waals surface area (Å²) in [4.78, 5) is 19.4. The second kappa shape index (κ2) is 7.13. The number of thioether (sulfide) groups is 1. The maximum absolute atomic E-state index is 12.5. The largest absolute Gasteiger partial charge is 0.480 e. The van der Waals surface area contributed by atoms with Crippen LogP contribution in [-0.4, -0.2) is 36.2 Å². The van der Waals surface area contributed by atoms with E-state index in [-0.39, 0.29) is 5.91 Å². The highest BCUT2D eigenvalue weighted by Gasteiger charge is 2.17. The van der Waals surface area contributed by atoms with E-state index < -0.39 is 0 Å². The molecule has 2 rings (SSSR count). The summed E-state index contributed by atoms with van der Waals surface area (Å²) in [7, 11) is 3.29. The van der Waals surface area contributed by atoms with Crippen LogP contribution in [0.2, 0.25) is 0 Å². The van der Waals surface area contributed by atoms with E-state index in [0.29, 0.717) is 18.0 Å². The van der Waals surface area contributed by atoms with Gasteiger partial charge in [0.05, 0.1) is 7.11 Å². The van der Waals surface area contributed by atoms with Crippen LogP contribution in [0, 0.1) is 0 Å². The molecule has 0 aliphatic carbocycles. The van der Waals surface area contributed by atoms with E-state index in [4.69, 9.17) is 4.74 Å². The van der Waals surface area contributed by atoms with Crippen molar-refractivity contribution in [2.24, 2.45) is 0 Å². The van der Waals surface area contributed by atoms with Gasteiger partial charge >= 0.3 is 0 Å². The number of hydrogen-bond donors (Lipinski definition) is 0. The van der Waals surface area contributed by atoms with Gasteiger partial charge < -0.3 is 9.64 Å². The lowest BCUT2D eigenvalue weighted by atomic mass is 10.2. The first-order valence-electron chi connectivity index (χ1n) is 6.53. The number of methoxy groups -OCH3 is 1. The Morgan fingerprint density at radius 3 is 2.62 bits per heavy atom. The highest BCUT2D eigenvalue weighted by Crippen LogP contribution is 2.18. The smallest absolute Gasteiger partial charge is 0.259 e. The molecule has 0 fully saturated rings. The van der Waals surface area contributed by atoms with Gasteiger partial charge in [-0.2, -0.15) is 0 Å². The van der Waals surface area contributed by atoms with Crippen LogP contribution in [0.3, 0.4) is 0 Å². The molecule has 0 radical (unpaired) electrons. The zero-order valence-electron chi connectivity index (χ0n) is 12.4. The third-order valence-corrected chi connectivity index (χ3v) is 3.86. The summed E-state index contributed by atoms with van der Waals surface area (Å²) in [5.74, 6) is 0.251. The number of aromatic nitrogens is 1. The second-order valence-corrected chi connectivity index (χ2v) is 5.45. The first kappa shape index (κ1) is 15.4. The van der Waals surface area contributed by atoms with Crippen molar-refractivity contribution in [2.75, 3.05) is 20.4 Å². The lowest BCUT2D eigenvalue weighted by Gasteiger charge is -2.18. The van der Waals surface area contributed by atoms with Gasteiger partial charge in [0.15, 0.2) is 0 Å². The molecule has 0 N–H and O–H groups in total. The van der Waals surface area contributed by atoms with E-state index in [1.54, 1.807) is 42.0 Å². The maximum Gasteiger partial charge on any atom is 0.259 e. The van der Waals surface area contributed by atoms with Crippen molar-refractivity contribution in [3.05, 3.63) is 53.7 Å². The number of carbonyl (C=O) groups excluding carboxylic acids is 1. The second-order valence-electron chi connectivity index (χ2n) is 4.57. The molecule has 0 saturated carbocycles. The molecule has 0 aliphatic heterocycles. The Morgan fingerprint density at radius 2 is 2.00 bits per heavy atom. The number of hydrogen-bond acceptors (Lipinski definition) is 4. The molecule has 0 saturated heterocycles. The molecule has 1 heterocycles. The minimum atomic E-state index is -0.103. The molecule has 1 aromatic carbocycles. The van der Waals surface area contributed by atoms with Gasteiger partial charge in [-0.3, -0.25) is 4.79 Å². The van der Waals surface area contributed by atoms with E-state index in [1.807, 2.05) is 18.4 Å². The van der Waals surface area contributed by atoms with Gasteiger partial charge in [0, 0.05) is 24.7 Å². The first-order chi connectivity index (χ1) is 10.2. The molecular weight excluding hydrogens is 284 g/mol. The Hall–Kier alpha value is -2.01. The predicted molar refractivity (Wildman–Crippen MR) is 84.8 cm³/mol. The SMILES string of the molecule is COc1ncccc1C(=O)N(C)Cc1ccc(SC)cc1. The maximum atomic E-state index is 12.5. The topological polar surface area (TPSA) is 42.4 Å². The number of benzene rings is 1. The number of pyridine rings is 1. The van der Waals surface area contributed by atoms with Gasteiger partial charge in [-0.05, 0) is 36.1 Å². The first-order valence-corrected chi connectivity index (χ1v) is 7.75. The molecule has 0 bridgehead atoms. The summed E-state index contributed by atoms with van der Waals surface area (Å²) >= 11 is 1.70. The van der Waals surface area contributed by atoms with Crippen LogP contribution < -0.4 is 4.74 Å². The van der Waals surface area contributed by atoms with Crippen molar-refractivity contribution < 1.29 is 9.53 Å².